The molecule has 0 atom stereocenters. The fourth-order valence-corrected chi connectivity index (χ4v) is 1.70. The van der Waals surface area contributed by atoms with Crippen molar-refractivity contribution in [1.82, 2.24) is 15.2 Å². The molecule has 0 aromatic carbocycles. The molecule has 0 aliphatic rings. The molecule has 0 spiro atoms. The fraction of sp³-hybridized carbons (Fsp3) is 0.533. The van der Waals surface area contributed by atoms with Crippen LogP contribution in [0.15, 0.2) is 18.2 Å². The first kappa shape index (κ1) is 16.1. The van der Waals surface area contributed by atoms with Gasteiger partial charge in [-0.1, -0.05) is 26.3 Å². The van der Waals surface area contributed by atoms with Gasteiger partial charge in [0, 0.05) is 20.1 Å². The maximum Gasteiger partial charge on any atom is 0.272 e. The molecule has 0 unspecified atom stereocenters. The second-order valence-electron chi connectivity index (χ2n) is 4.74. The zero-order valence-corrected chi connectivity index (χ0v) is 12.5. The van der Waals surface area contributed by atoms with Crippen molar-refractivity contribution in [2.24, 2.45) is 0 Å². The Bertz CT molecular complexity index is 460. The summed E-state index contributed by atoms with van der Waals surface area (Å²) in [5, 5.41) is 2.75. The molecule has 0 radical (unpaired) electrons. The molecular formula is C15H23N3O2. The third-order valence-corrected chi connectivity index (χ3v) is 2.93. The topological polar surface area (TPSA) is 62.3 Å². The number of carbonyl (C=O) groups is 2. The second kappa shape index (κ2) is 8.30. The summed E-state index contributed by atoms with van der Waals surface area (Å²) in [6.45, 7) is 5.37. The van der Waals surface area contributed by atoms with Crippen molar-refractivity contribution in [3.8, 4) is 0 Å². The van der Waals surface area contributed by atoms with E-state index in [0.717, 1.165) is 19.3 Å². The van der Waals surface area contributed by atoms with E-state index in [1.165, 1.54) is 0 Å². The standard InChI is InChI=1S/C15H23N3O2/c1-4-6-11-18(3)15(20)13-9-7-8-12(17-13)14(19)16-10-5-2/h7-9H,4-6,10-11H2,1-3H3,(H,16,19). The average molecular weight is 277 g/mol. The smallest absolute Gasteiger partial charge is 0.272 e. The summed E-state index contributed by atoms with van der Waals surface area (Å²) in [7, 11) is 1.75. The van der Waals surface area contributed by atoms with Gasteiger partial charge in [-0.15, -0.1) is 0 Å². The minimum absolute atomic E-state index is 0.149. The van der Waals surface area contributed by atoms with Crippen molar-refractivity contribution < 1.29 is 9.59 Å². The van der Waals surface area contributed by atoms with E-state index in [9.17, 15) is 9.59 Å². The summed E-state index contributed by atoms with van der Waals surface area (Å²) in [6.07, 6.45) is 2.85. The first-order valence-electron chi connectivity index (χ1n) is 7.10. The van der Waals surface area contributed by atoms with Gasteiger partial charge in [0.25, 0.3) is 11.8 Å². The van der Waals surface area contributed by atoms with Crippen LogP contribution in [-0.4, -0.2) is 41.8 Å². The molecule has 5 nitrogen and oxygen atoms in total. The normalized spacial score (nSPS) is 10.2. The quantitative estimate of drug-likeness (QED) is 0.830. The molecule has 0 saturated heterocycles. The number of nitrogens with zero attached hydrogens (tertiary/aromatic N) is 2. The van der Waals surface area contributed by atoms with Crippen molar-refractivity contribution in [3.05, 3.63) is 29.6 Å². The molecule has 0 aliphatic heterocycles. The van der Waals surface area contributed by atoms with Gasteiger partial charge in [0.1, 0.15) is 11.4 Å². The number of carbonyl (C=O) groups excluding carboxylic acids is 2. The zero-order chi connectivity index (χ0) is 15.0. The minimum atomic E-state index is -0.238. The lowest BCUT2D eigenvalue weighted by atomic mass is 10.2. The number of rotatable bonds is 7. The number of pyridine rings is 1. The Hall–Kier alpha value is -1.91. The lowest BCUT2D eigenvalue weighted by Crippen LogP contribution is -2.30. The van der Waals surface area contributed by atoms with Crippen molar-refractivity contribution in [1.29, 1.82) is 0 Å². The van der Waals surface area contributed by atoms with Crippen LogP contribution in [0.5, 0.6) is 0 Å². The monoisotopic (exact) mass is 277 g/mol. The molecule has 0 bridgehead atoms. The molecule has 0 aliphatic carbocycles. The number of aromatic nitrogens is 1. The number of unbranched alkanes of at least 4 members (excludes halogenated alkanes) is 1. The Morgan fingerprint density at radius 1 is 1.20 bits per heavy atom. The number of hydrogen-bond acceptors (Lipinski definition) is 3. The van der Waals surface area contributed by atoms with Crippen molar-refractivity contribution in [2.45, 2.75) is 33.1 Å². The highest BCUT2D eigenvalue weighted by Crippen LogP contribution is 2.04. The lowest BCUT2D eigenvalue weighted by Gasteiger charge is -2.16. The van der Waals surface area contributed by atoms with Crippen LogP contribution >= 0.6 is 0 Å². The highest BCUT2D eigenvalue weighted by molar-refractivity contribution is 5.96. The summed E-state index contributed by atoms with van der Waals surface area (Å²) >= 11 is 0. The van der Waals surface area contributed by atoms with Gasteiger partial charge in [-0.05, 0) is 25.0 Å². The largest absolute Gasteiger partial charge is 0.351 e. The zero-order valence-electron chi connectivity index (χ0n) is 12.5. The molecule has 1 N–H and O–H groups in total. The minimum Gasteiger partial charge on any atom is -0.351 e. The van der Waals surface area contributed by atoms with Crippen LogP contribution in [0, 0.1) is 0 Å². The number of hydrogen-bond donors (Lipinski definition) is 1. The maximum atomic E-state index is 12.2. The Morgan fingerprint density at radius 2 is 1.90 bits per heavy atom. The SMILES string of the molecule is CCCCN(C)C(=O)c1cccc(C(=O)NCCC)n1. The maximum absolute atomic E-state index is 12.2. The van der Waals surface area contributed by atoms with E-state index in [-0.39, 0.29) is 17.5 Å². The summed E-state index contributed by atoms with van der Waals surface area (Å²) in [5.41, 5.74) is 0.598. The van der Waals surface area contributed by atoms with Crippen molar-refractivity contribution >= 4 is 11.8 Å². The lowest BCUT2D eigenvalue weighted by molar-refractivity contribution is 0.0787. The summed E-state index contributed by atoms with van der Waals surface area (Å²) in [6, 6.07) is 4.95. The van der Waals surface area contributed by atoms with Crippen LogP contribution in [0.2, 0.25) is 0 Å². The van der Waals surface area contributed by atoms with Gasteiger partial charge in [0.15, 0.2) is 0 Å². The highest BCUT2D eigenvalue weighted by atomic mass is 16.2. The summed E-state index contributed by atoms with van der Waals surface area (Å²) in [5.74, 6) is -0.388. The molecule has 5 heteroatoms. The molecule has 1 heterocycles. The molecule has 110 valence electrons. The third-order valence-electron chi connectivity index (χ3n) is 2.93. The number of nitrogens with one attached hydrogen (secondary N) is 1. The summed E-state index contributed by atoms with van der Waals surface area (Å²) in [4.78, 5) is 29.8. The van der Waals surface area contributed by atoms with Crippen molar-refractivity contribution in [2.75, 3.05) is 20.1 Å². The van der Waals surface area contributed by atoms with E-state index in [2.05, 4.69) is 17.2 Å². The van der Waals surface area contributed by atoms with Crippen LogP contribution in [0.3, 0.4) is 0 Å². The van der Waals surface area contributed by atoms with Crippen LogP contribution in [0.25, 0.3) is 0 Å². The Labute approximate surface area is 120 Å². The van der Waals surface area contributed by atoms with Crippen molar-refractivity contribution in [3.63, 3.8) is 0 Å². The van der Waals surface area contributed by atoms with Crippen LogP contribution in [0.4, 0.5) is 0 Å². The van der Waals surface area contributed by atoms with E-state index in [4.69, 9.17) is 0 Å². The van der Waals surface area contributed by atoms with Gasteiger partial charge in [0.05, 0.1) is 0 Å². The Balaban J connectivity index is 2.76. The van der Waals surface area contributed by atoms with Gasteiger partial charge in [0.2, 0.25) is 0 Å². The van der Waals surface area contributed by atoms with Crippen LogP contribution < -0.4 is 5.32 Å². The first-order valence-corrected chi connectivity index (χ1v) is 7.10. The second-order valence-corrected chi connectivity index (χ2v) is 4.74. The predicted molar refractivity (Wildman–Crippen MR) is 78.7 cm³/mol. The fourth-order valence-electron chi connectivity index (χ4n) is 1.70. The Kier molecular flexibility index (Phi) is 6.70. The number of amides is 2. The highest BCUT2D eigenvalue weighted by Gasteiger charge is 2.15. The molecular weight excluding hydrogens is 254 g/mol. The van der Waals surface area contributed by atoms with E-state index in [1.54, 1.807) is 30.1 Å². The first-order chi connectivity index (χ1) is 9.60. The van der Waals surface area contributed by atoms with Crippen LogP contribution in [-0.2, 0) is 0 Å². The van der Waals surface area contributed by atoms with E-state index >= 15 is 0 Å². The van der Waals surface area contributed by atoms with Gasteiger partial charge in [-0.3, -0.25) is 9.59 Å². The molecule has 0 saturated carbocycles. The van der Waals surface area contributed by atoms with Gasteiger partial charge >= 0.3 is 0 Å². The van der Waals surface area contributed by atoms with Gasteiger partial charge < -0.3 is 10.2 Å². The van der Waals surface area contributed by atoms with Gasteiger partial charge in [-0.2, -0.15) is 0 Å². The van der Waals surface area contributed by atoms with Gasteiger partial charge in [-0.25, -0.2) is 4.98 Å². The molecule has 1 rings (SSSR count). The summed E-state index contributed by atoms with van der Waals surface area (Å²) < 4.78 is 0. The molecule has 20 heavy (non-hydrogen) atoms. The average Bonchev–Trinajstić information content (AvgIpc) is 2.49. The van der Waals surface area contributed by atoms with E-state index in [0.29, 0.717) is 18.8 Å². The predicted octanol–water partition coefficient (Wildman–Crippen LogP) is 2.09. The van der Waals surface area contributed by atoms with Crippen LogP contribution in [0.1, 0.15) is 54.1 Å². The molecule has 1 aromatic heterocycles. The van der Waals surface area contributed by atoms with E-state index < -0.39 is 0 Å². The molecule has 1 aromatic rings. The van der Waals surface area contributed by atoms with E-state index in [1.807, 2.05) is 6.92 Å². The molecule has 2 amide bonds. The Morgan fingerprint density at radius 3 is 2.55 bits per heavy atom. The molecule has 0 fully saturated rings. The third kappa shape index (κ3) is 4.64.